The fourth-order valence-electron chi connectivity index (χ4n) is 1.34. The Morgan fingerprint density at radius 2 is 2.08 bits per heavy atom. The molecule has 1 aromatic carbocycles. The summed E-state index contributed by atoms with van der Waals surface area (Å²) < 4.78 is 0. The van der Waals surface area contributed by atoms with Crippen LogP contribution >= 0.6 is 0 Å². The minimum atomic E-state index is -1.06. The van der Waals surface area contributed by atoms with E-state index in [1.807, 2.05) is 24.3 Å². The van der Waals surface area contributed by atoms with Crippen LogP contribution < -0.4 is 0 Å². The third-order valence-electron chi connectivity index (χ3n) is 2.33. The van der Waals surface area contributed by atoms with Crippen LogP contribution in [0.5, 0.6) is 0 Å². The lowest BCUT2D eigenvalue weighted by atomic mass is 10.0. The molecular formula is C9H11N3O. The van der Waals surface area contributed by atoms with Gasteiger partial charge in [-0.2, -0.15) is 0 Å². The number of hydrogen-bond donors (Lipinski definition) is 1. The highest BCUT2D eigenvalue weighted by Crippen LogP contribution is 2.36. The summed E-state index contributed by atoms with van der Waals surface area (Å²) in [5, 5.41) is 19.3. The zero-order chi connectivity index (χ0) is 9.47. The molecule has 0 amide bonds. The highest BCUT2D eigenvalue weighted by atomic mass is 16.3. The summed E-state index contributed by atoms with van der Waals surface area (Å²) in [4.78, 5) is 0. The predicted molar refractivity (Wildman–Crippen MR) is 48.3 cm³/mol. The highest BCUT2D eigenvalue weighted by molar-refractivity contribution is 5.48. The smallest absolute Gasteiger partial charge is 0.180 e. The zero-order valence-corrected chi connectivity index (χ0v) is 7.60. The van der Waals surface area contributed by atoms with E-state index < -0.39 is 5.72 Å². The molecule has 4 heteroatoms. The van der Waals surface area contributed by atoms with Crippen molar-refractivity contribution in [3.63, 3.8) is 0 Å². The normalized spacial score (nSPS) is 25.9. The molecule has 0 spiro atoms. The largest absolute Gasteiger partial charge is 0.366 e. The summed E-state index contributed by atoms with van der Waals surface area (Å²) in [5.41, 5.74) is 0.455. The summed E-state index contributed by atoms with van der Waals surface area (Å²) in [5.74, 6) is 0. The molecule has 1 unspecified atom stereocenters. The first-order chi connectivity index (χ1) is 6.12. The van der Waals surface area contributed by atoms with Crippen molar-refractivity contribution in [1.29, 1.82) is 0 Å². The Bertz CT molecular complexity index is 360. The van der Waals surface area contributed by atoms with Crippen LogP contribution in [0.25, 0.3) is 0 Å². The van der Waals surface area contributed by atoms with Crippen molar-refractivity contribution >= 4 is 5.69 Å². The maximum Gasteiger partial charge on any atom is 0.180 e. The molecule has 0 aromatic heterocycles. The van der Waals surface area contributed by atoms with Gasteiger partial charge in [0.25, 0.3) is 0 Å². The van der Waals surface area contributed by atoms with E-state index in [0.29, 0.717) is 0 Å². The number of benzene rings is 1. The molecule has 4 nitrogen and oxygen atoms in total. The summed E-state index contributed by atoms with van der Waals surface area (Å²) in [6, 6.07) is 7.44. The fourth-order valence-corrected chi connectivity index (χ4v) is 1.34. The van der Waals surface area contributed by atoms with Crippen molar-refractivity contribution < 1.29 is 5.11 Å². The van der Waals surface area contributed by atoms with Crippen LogP contribution in [0.1, 0.15) is 12.5 Å². The van der Waals surface area contributed by atoms with E-state index in [2.05, 4.69) is 10.3 Å². The Morgan fingerprint density at radius 3 is 2.85 bits per heavy atom. The van der Waals surface area contributed by atoms with E-state index >= 15 is 0 Å². The van der Waals surface area contributed by atoms with E-state index in [4.69, 9.17) is 0 Å². The van der Waals surface area contributed by atoms with Gasteiger partial charge in [0, 0.05) is 12.6 Å². The molecule has 0 saturated heterocycles. The number of rotatable bonds is 0. The number of hydrogen-bond acceptors (Lipinski definition) is 4. The molecule has 13 heavy (non-hydrogen) atoms. The molecule has 2 rings (SSSR count). The van der Waals surface area contributed by atoms with Crippen molar-refractivity contribution in [3.05, 3.63) is 29.8 Å². The molecule has 1 N–H and O–H groups in total. The Balaban J connectivity index is 2.61. The van der Waals surface area contributed by atoms with E-state index in [-0.39, 0.29) is 0 Å². The molecule has 1 heterocycles. The first kappa shape index (κ1) is 8.19. The Labute approximate surface area is 76.5 Å². The monoisotopic (exact) mass is 177 g/mol. The maximum absolute atomic E-state index is 10.1. The van der Waals surface area contributed by atoms with Crippen molar-refractivity contribution in [2.24, 2.45) is 10.3 Å². The van der Waals surface area contributed by atoms with Crippen LogP contribution in [0.15, 0.2) is 34.6 Å². The van der Waals surface area contributed by atoms with Crippen LogP contribution in [-0.2, 0) is 5.72 Å². The molecule has 0 aliphatic carbocycles. The topological polar surface area (TPSA) is 48.2 Å². The molecule has 1 aliphatic heterocycles. The van der Waals surface area contributed by atoms with Gasteiger partial charge in [0.15, 0.2) is 5.72 Å². The van der Waals surface area contributed by atoms with Crippen molar-refractivity contribution in [2.45, 2.75) is 12.6 Å². The van der Waals surface area contributed by atoms with Crippen molar-refractivity contribution in [3.8, 4) is 0 Å². The van der Waals surface area contributed by atoms with Crippen LogP contribution in [0.4, 0.5) is 5.69 Å². The molecule has 68 valence electrons. The second-order valence-electron chi connectivity index (χ2n) is 3.25. The lowest BCUT2D eigenvalue weighted by Crippen LogP contribution is -2.38. The van der Waals surface area contributed by atoms with Gasteiger partial charge in [0.1, 0.15) is 0 Å². The Kier molecular flexibility index (Phi) is 1.60. The number of aliphatic hydroxyl groups is 1. The van der Waals surface area contributed by atoms with Gasteiger partial charge >= 0.3 is 0 Å². The Morgan fingerprint density at radius 1 is 1.38 bits per heavy atom. The number of fused-ring (bicyclic) bond motifs is 1. The molecule has 1 aliphatic rings. The summed E-state index contributed by atoms with van der Waals surface area (Å²) >= 11 is 0. The van der Waals surface area contributed by atoms with E-state index in [1.165, 1.54) is 5.01 Å². The van der Waals surface area contributed by atoms with E-state index in [1.54, 1.807) is 14.0 Å². The van der Waals surface area contributed by atoms with Gasteiger partial charge < -0.3 is 5.11 Å². The summed E-state index contributed by atoms with van der Waals surface area (Å²) in [6.45, 7) is 1.70. The van der Waals surface area contributed by atoms with Gasteiger partial charge in [-0.15, -0.1) is 5.11 Å². The first-order valence-corrected chi connectivity index (χ1v) is 4.10. The lowest BCUT2D eigenvalue weighted by Gasteiger charge is -2.34. The Hall–Kier alpha value is -1.42. The van der Waals surface area contributed by atoms with Gasteiger partial charge in [-0.1, -0.05) is 23.4 Å². The van der Waals surface area contributed by atoms with Crippen molar-refractivity contribution in [2.75, 3.05) is 7.05 Å². The third kappa shape index (κ3) is 1.10. The second-order valence-corrected chi connectivity index (χ2v) is 3.25. The van der Waals surface area contributed by atoms with Crippen LogP contribution in [-0.4, -0.2) is 17.2 Å². The second kappa shape index (κ2) is 2.53. The first-order valence-electron chi connectivity index (χ1n) is 4.10. The minimum absolute atomic E-state index is 0.727. The SMILES string of the molecule is CN1N=Nc2ccccc2C1(C)O. The molecule has 1 atom stereocenters. The highest BCUT2D eigenvalue weighted by Gasteiger charge is 2.33. The lowest BCUT2D eigenvalue weighted by molar-refractivity contribution is -0.0938. The van der Waals surface area contributed by atoms with Gasteiger partial charge in [0.2, 0.25) is 0 Å². The quantitative estimate of drug-likeness (QED) is 0.656. The van der Waals surface area contributed by atoms with Crippen LogP contribution in [0.3, 0.4) is 0 Å². The summed E-state index contributed by atoms with van der Waals surface area (Å²) in [6.07, 6.45) is 0. The van der Waals surface area contributed by atoms with Gasteiger partial charge in [-0.05, 0) is 13.0 Å². The van der Waals surface area contributed by atoms with E-state index in [0.717, 1.165) is 11.3 Å². The standard InChI is InChI=1S/C9H11N3O/c1-9(13)7-5-3-4-6-8(7)10-11-12(9)2/h3-6,13H,1-2H3. The van der Waals surface area contributed by atoms with Gasteiger partial charge in [-0.3, -0.25) is 0 Å². The molecular weight excluding hydrogens is 166 g/mol. The van der Waals surface area contributed by atoms with E-state index in [9.17, 15) is 5.11 Å². The molecule has 0 saturated carbocycles. The average Bonchev–Trinajstić information content (AvgIpc) is 2.13. The number of nitrogens with zero attached hydrogens (tertiary/aromatic N) is 3. The zero-order valence-electron chi connectivity index (χ0n) is 7.60. The molecule has 0 bridgehead atoms. The maximum atomic E-state index is 10.1. The van der Waals surface area contributed by atoms with Gasteiger partial charge in [-0.25, -0.2) is 5.01 Å². The fraction of sp³-hybridized carbons (Fsp3) is 0.333. The van der Waals surface area contributed by atoms with Crippen molar-refractivity contribution in [1.82, 2.24) is 5.01 Å². The third-order valence-corrected chi connectivity index (χ3v) is 2.33. The molecule has 1 aromatic rings. The molecule has 0 fully saturated rings. The van der Waals surface area contributed by atoms with Crippen LogP contribution in [0, 0.1) is 0 Å². The summed E-state index contributed by atoms with van der Waals surface area (Å²) in [7, 11) is 1.69. The van der Waals surface area contributed by atoms with Gasteiger partial charge in [0.05, 0.1) is 5.69 Å². The average molecular weight is 177 g/mol. The van der Waals surface area contributed by atoms with Crippen LogP contribution in [0.2, 0.25) is 0 Å². The molecule has 0 radical (unpaired) electrons. The predicted octanol–water partition coefficient (Wildman–Crippen LogP) is 1.80. The minimum Gasteiger partial charge on any atom is -0.366 e.